The number of unbranched alkanes of at least 4 members (excludes halogenated alkanes) is 1. The monoisotopic (exact) mass is 296 g/mol. The van der Waals surface area contributed by atoms with Gasteiger partial charge < -0.3 is 15.5 Å². The van der Waals surface area contributed by atoms with E-state index in [1.165, 1.54) is 51.7 Å². The molecule has 1 aliphatic heterocycles. The summed E-state index contributed by atoms with van der Waals surface area (Å²) >= 11 is 0. The van der Waals surface area contributed by atoms with E-state index < -0.39 is 0 Å². The van der Waals surface area contributed by atoms with Crippen LogP contribution in [0.5, 0.6) is 0 Å². The first-order chi connectivity index (χ1) is 10.2. The van der Waals surface area contributed by atoms with Crippen molar-refractivity contribution in [2.24, 2.45) is 16.8 Å². The Kier molecular flexibility index (Phi) is 9.48. The maximum absolute atomic E-state index is 4.36. The molecular formula is C17H36N4. The first-order valence-corrected chi connectivity index (χ1v) is 8.90. The van der Waals surface area contributed by atoms with E-state index in [1.807, 2.05) is 7.05 Å². The molecule has 0 bridgehead atoms. The topological polar surface area (TPSA) is 39.7 Å². The van der Waals surface area contributed by atoms with Crippen molar-refractivity contribution in [3.8, 4) is 0 Å². The van der Waals surface area contributed by atoms with E-state index in [1.54, 1.807) is 0 Å². The van der Waals surface area contributed by atoms with Crippen LogP contribution in [0, 0.1) is 11.8 Å². The SMILES string of the molecule is CCCCC(CC)CNC(=NC)NCC1CCN(CC)C1. The molecule has 1 rings (SSSR count). The number of nitrogens with one attached hydrogen (secondary N) is 2. The van der Waals surface area contributed by atoms with Crippen LogP contribution in [-0.4, -0.2) is 50.6 Å². The first-order valence-electron chi connectivity index (χ1n) is 8.90. The summed E-state index contributed by atoms with van der Waals surface area (Å²) in [7, 11) is 1.87. The molecule has 1 fully saturated rings. The molecule has 0 aliphatic carbocycles. The standard InChI is InChI=1S/C17H36N4/c1-5-8-9-15(6-2)12-19-17(18-4)20-13-16-10-11-21(7-3)14-16/h15-16H,5-14H2,1-4H3,(H2,18,19,20). The highest BCUT2D eigenvalue weighted by Crippen LogP contribution is 2.14. The van der Waals surface area contributed by atoms with Crippen molar-refractivity contribution >= 4 is 5.96 Å². The van der Waals surface area contributed by atoms with E-state index in [2.05, 4.69) is 41.3 Å². The molecule has 0 amide bonds. The van der Waals surface area contributed by atoms with Crippen molar-refractivity contribution in [2.45, 2.75) is 52.9 Å². The van der Waals surface area contributed by atoms with E-state index in [0.717, 1.165) is 30.9 Å². The molecule has 2 N–H and O–H groups in total. The zero-order chi connectivity index (χ0) is 15.5. The lowest BCUT2D eigenvalue weighted by molar-refractivity contribution is 0.341. The van der Waals surface area contributed by atoms with Crippen molar-refractivity contribution in [2.75, 3.05) is 39.8 Å². The minimum Gasteiger partial charge on any atom is -0.356 e. The largest absolute Gasteiger partial charge is 0.356 e. The molecule has 2 unspecified atom stereocenters. The van der Waals surface area contributed by atoms with Crippen LogP contribution >= 0.6 is 0 Å². The summed E-state index contributed by atoms with van der Waals surface area (Å²) < 4.78 is 0. The molecule has 1 aliphatic rings. The number of nitrogens with zero attached hydrogens (tertiary/aromatic N) is 2. The van der Waals surface area contributed by atoms with Gasteiger partial charge in [-0.1, -0.05) is 40.0 Å². The molecule has 0 saturated carbocycles. The Morgan fingerprint density at radius 2 is 2.10 bits per heavy atom. The third kappa shape index (κ3) is 7.16. The van der Waals surface area contributed by atoms with Crippen molar-refractivity contribution in [1.29, 1.82) is 0 Å². The van der Waals surface area contributed by atoms with Crippen molar-refractivity contribution < 1.29 is 0 Å². The van der Waals surface area contributed by atoms with E-state index in [4.69, 9.17) is 0 Å². The molecular weight excluding hydrogens is 260 g/mol. The normalized spacial score (nSPS) is 21.5. The Bertz CT molecular complexity index is 283. The van der Waals surface area contributed by atoms with Crippen molar-refractivity contribution in [1.82, 2.24) is 15.5 Å². The summed E-state index contributed by atoms with van der Waals surface area (Å²) in [4.78, 5) is 6.88. The number of guanidine groups is 1. The van der Waals surface area contributed by atoms with Crippen LogP contribution in [0.4, 0.5) is 0 Å². The van der Waals surface area contributed by atoms with Gasteiger partial charge in [-0.25, -0.2) is 0 Å². The van der Waals surface area contributed by atoms with Gasteiger partial charge in [-0.05, 0) is 37.8 Å². The minimum absolute atomic E-state index is 0.769. The second-order valence-corrected chi connectivity index (χ2v) is 6.30. The Morgan fingerprint density at radius 3 is 2.67 bits per heavy atom. The lowest BCUT2D eigenvalue weighted by Crippen LogP contribution is -2.42. The summed E-state index contributed by atoms with van der Waals surface area (Å²) in [6.45, 7) is 12.6. The highest BCUT2D eigenvalue weighted by atomic mass is 15.2. The minimum atomic E-state index is 0.769. The predicted molar refractivity (Wildman–Crippen MR) is 92.9 cm³/mol. The fraction of sp³-hybridized carbons (Fsp3) is 0.941. The number of aliphatic imine (C=N–C) groups is 1. The third-order valence-electron chi connectivity index (χ3n) is 4.70. The Morgan fingerprint density at radius 1 is 1.29 bits per heavy atom. The van der Waals surface area contributed by atoms with E-state index in [0.29, 0.717) is 0 Å². The van der Waals surface area contributed by atoms with Crippen molar-refractivity contribution in [3.05, 3.63) is 0 Å². The molecule has 21 heavy (non-hydrogen) atoms. The maximum atomic E-state index is 4.36. The molecule has 4 nitrogen and oxygen atoms in total. The molecule has 0 aromatic rings. The average molecular weight is 297 g/mol. The quantitative estimate of drug-likeness (QED) is 0.508. The molecule has 1 saturated heterocycles. The van der Waals surface area contributed by atoms with Gasteiger partial charge in [0.25, 0.3) is 0 Å². The highest BCUT2D eigenvalue weighted by Gasteiger charge is 2.21. The molecule has 0 spiro atoms. The molecule has 1 heterocycles. The van der Waals surface area contributed by atoms with Gasteiger partial charge in [0.05, 0.1) is 0 Å². The molecule has 4 heteroatoms. The number of hydrogen-bond donors (Lipinski definition) is 2. The van der Waals surface area contributed by atoms with Gasteiger partial charge in [-0.2, -0.15) is 0 Å². The molecule has 0 aromatic carbocycles. The van der Waals surface area contributed by atoms with Crippen LogP contribution in [0.2, 0.25) is 0 Å². The summed E-state index contributed by atoms with van der Waals surface area (Å²) in [6, 6.07) is 0. The predicted octanol–water partition coefficient (Wildman–Crippen LogP) is 2.71. The number of likely N-dealkylation sites (tertiary alicyclic amines) is 1. The van der Waals surface area contributed by atoms with E-state index in [-0.39, 0.29) is 0 Å². The molecule has 0 radical (unpaired) electrons. The Balaban J connectivity index is 2.22. The fourth-order valence-corrected chi connectivity index (χ4v) is 3.01. The van der Waals surface area contributed by atoms with E-state index in [9.17, 15) is 0 Å². The summed E-state index contributed by atoms with van der Waals surface area (Å²) in [5, 5.41) is 7.01. The molecule has 0 aromatic heterocycles. The van der Waals surface area contributed by atoms with Gasteiger partial charge in [-0.15, -0.1) is 0 Å². The summed E-state index contributed by atoms with van der Waals surface area (Å²) in [5.41, 5.74) is 0. The second kappa shape index (κ2) is 10.9. The molecule has 2 atom stereocenters. The lowest BCUT2D eigenvalue weighted by atomic mass is 9.99. The Hall–Kier alpha value is -0.770. The Labute approximate surface area is 131 Å². The third-order valence-corrected chi connectivity index (χ3v) is 4.70. The van der Waals surface area contributed by atoms with Crippen LogP contribution in [0.1, 0.15) is 52.9 Å². The first kappa shape index (κ1) is 18.3. The second-order valence-electron chi connectivity index (χ2n) is 6.30. The van der Waals surface area contributed by atoms with Gasteiger partial charge in [0, 0.05) is 26.7 Å². The van der Waals surface area contributed by atoms with Crippen molar-refractivity contribution in [3.63, 3.8) is 0 Å². The lowest BCUT2D eigenvalue weighted by Gasteiger charge is -2.19. The van der Waals surface area contributed by atoms with Gasteiger partial charge in [0.15, 0.2) is 5.96 Å². The summed E-state index contributed by atoms with van der Waals surface area (Å²) in [5.74, 6) is 2.51. The van der Waals surface area contributed by atoms with Gasteiger partial charge in [0.2, 0.25) is 0 Å². The molecule has 124 valence electrons. The van der Waals surface area contributed by atoms with Crippen LogP contribution in [0.3, 0.4) is 0 Å². The number of hydrogen-bond acceptors (Lipinski definition) is 2. The fourth-order valence-electron chi connectivity index (χ4n) is 3.01. The number of rotatable bonds is 9. The zero-order valence-electron chi connectivity index (χ0n) is 14.6. The highest BCUT2D eigenvalue weighted by molar-refractivity contribution is 5.79. The van der Waals surface area contributed by atoms with Gasteiger partial charge in [0.1, 0.15) is 0 Å². The van der Waals surface area contributed by atoms with Crippen LogP contribution < -0.4 is 10.6 Å². The van der Waals surface area contributed by atoms with Crippen LogP contribution in [-0.2, 0) is 0 Å². The maximum Gasteiger partial charge on any atom is 0.190 e. The smallest absolute Gasteiger partial charge is 0.190 e. The van der Waals surface area contributed by atoms with Gasteiger partial charge >= 0.3 is 0 Å². The average Bonchev–Trinajstić information content (AvgIpc) is 2.98. The zero-order valence-corrected chi connectivity index (χ0v) is 14.6. The van der Waals surface area contributed by atoms with Gasteiger partial charge in [-0.3, -0.25) is 4.99 Å². The van der Waals surface area contributed by atoms with Crippen LogP contribution in [0.25, 0.3) is 0 Å². The van der Waals surface area contributed by atoms with E-state index >= 15 is 0 Å². The van der Waals surface area contributed by atoms with Crippen LogP contribution in [0.15, 0.2) is 4.99 Å². The summed E-state index contributed by atoms with van der Waals surface area (Å²) in [6.07, 6.45) is 6.51.